The van der Waals surface area contributed by atoms with Crippen LogP contribution in [0.3, 0.4) is 0 Å². The molecule has 1 N–H and O–H groups in total. The van der Waals surface area contributed by atoms with Crippen molar-refractivity contribution in [2.24, 2.45) is 0 Å². The number of hydrogen-bond donors (Lipinski definition) is 1. The van der Waals surface area contributed by atoms with E-state index in [1.165, 1.54) is 16.9 Å². The lowest BCUT2D eigenvalue weighted by Crippen LogP contribution is -2.36. The summed E-state index contributed by atoms with van der Waals surface area (Å²) in [6.45, 7) is 3.35. The first-order valence-electron chi connectivity index (χ1n) is 10.8. The second-order valence-corrected chi connectivity index (χ2v) is 9.02. The van der Waals surface area contributed by atoms with Crippen molar-refractivity contribution >= 4 is 39.0 Å². The molecule has 1 amide bonds. The normalized spacial score (nSPS) is 16.3. The third-order valence-electron chi connectivity index (χ3n) is 5.89. The third-order valence-corrected chi connectivity index (χ3v) is 7.09. The maximum absolute atomic E-state index is 13.0. The molecule has 1 aliphatic heterocycles. The molecule has 162 valence electrons. The molecule has 3 aromatic heterocycles. The molecule has 1 aliphatic carbocycles. The Hall–Kier alpha value is -2.78. The van der Waals surface area contributed by atoms with Gasteiger partial charge in [-0.15, -0.1) is 11.3 Å². The van der Waals surface area contributed by atoms with Crippen LogP contribution in [0.1, 0.15) is 29.7 Å². The number of fused-ring (bicyclic) bond motifs is 3. The molecule has 0 spiro atoms. The highest BCUT2D eigenvalue weighted by Crippen LogP contribution is 2.33. The Kier molecular flexibility index (Phi) is 5.69. The van der Waals surface area contributed by atoms with Crippen molar-refractivity contribution in [3.63, 3.8) is 0 Å². The van der Waals surface area contributed by atoms with Crippen molar-refractivity contribution in [1.82, 2.24) is 14.5 Å². The van der Waals surface area contributed by atoms with Crippen molar-refractivity contribution in [2.45, 2.75) is 38.6 Å². The second kappa shape index (κ2) is 8.76. The SMILES string of the molecule is O=C(CCn1cnc2sc3c(c2c1=O)CCCC3)Nc1ccc(N2CCOCC2)nc1. The van der Waals surface area contributed by atoms with Crippen LogP contribution >= 0.6 is 11.3 Å². The number of thiophene rings is 1. The van der Waals surface area contributed by atoms with Crippen LogP contribution in [0.5, 0.6) is 0 Å². The van der Waals surface area contributed by atoms with Crippen LogP contribution in [0.4, 0.5) is 11.5 Å². The minimum Gasteiger partial charge on any atom is -0.378 e. The molecule has 8 nitrogen and oxygen atoms in total. The fourth-order valence-electron chi connectivity index (χ4n) is 4.23. The molecule has 0 unspecified atom stereocenters. The lowest BCUT2D eigenvalue weighted by atomic mass is 9.97. The van der Waals surface area contributed by atoms with Crippen LogP contribution < -0.4 is 15.8 Å². The summed E-state index contributed by atoms with van der Waals surface area (Å²) >= 11 is 1.64. The van der Waals surface area contributed by atoms with E-state index in [0.717, 1.165) is 48.4 Å². The van der Waals surface area contributed by atoms with Crippen LogP contribution in [0.2, 0.25) is 0 Å². The van der Waals surface area contributed by atoms with Crippen LogP contribution in [-0.2, 0) is 28.9 Å². The lowest BCUT2D eigenvalue weighted by Gasteiger charge is -2.27. The Morgan fingerprint density at radius 2 is 2.00 bits per heavy atom. The highest BCUT2D eigenvalue weighted by atomic mass is 32.1. The number of morpholine rings is 1. The Labute approximate surface area is 183 Å². The maximum atomic E-state index is 13.0. The molecule has 0 aromatic carbocycles. The first-order valence-corrected chi connectivity index (χ1v) is 11.6. The van der Waals surface area contributed by atoms with Gasteiger partial charge in [0, 0.05) is 30.9 Å². The van der Waals surface area contributed by atoms with Gasteiger partial charge in [-0.3, -0.25) is 14.2 Å². The number of rotatable bonds is 5. The molecule has 9 heteroatoms. The molecule has 0 bridgehead atoms. The number of nitrogens with zero attached hydrogens (tertiary/aromatic N) is 4. The van der Waals surface area contributed by atoms with Gasteiger partial charge in [0.05, 0.1) is 36.8 Å². The quantitative estimate of drug-likeness (QED) is 0.657. The van der Waals surface area contributed by atoms with E-state index in [9.17, 15) is 9.59 Å². The van der Waals surface area contributed by atoms with Gasteiger partial charge >= 0.3 is 0 Å². The summed E-state index contributed by atoms with van der Waals surface area (Å²) in [4.78, 5) is 38.6. The number of carbonyl (C=O) groups is 1. The molecule has 1 fully saturated rings. The molecule has 2 aliphatic rings. The van der Waals surface area contributed by atoms with E-state index in [1.54, 1.807) is 28.4 Å². The number of amides is 1. The van der Waals surface area contributed by atoms with Gasteiger partial charge in [-0.2, -0.15) is 0 Å². The van der Waals surface area contributed by atoms with Gasteiger partial charge in [-0.05, 0) is 43.4 Å². The van der Waals surface area contributed by atoms with E-state index >= 15 is 0 Å². The zero-order chi connectivity index (χ0) is 21.2. The fourth-order valence-corrected chi connectivity index (χ4v) is 5.44. The number of anilines is 2. The fraction of sp³-hybridized carbons (Fsp3) is 0.455. The van der Waals surface area contributed by atoms with Crippen LogP contribution in [-0.4, -0.2) is 46.7 Å². The predicted molar refractivity (Wildman–Crippen MR) is 121 cm³/mol. The third kappa shape index (κ3) is 4.20. The van der Waals surface area contributed by atoms with Gasteiger partial charge in [0.1, 0.15) is 10.6 Å². The Bertz CT molecular complexity index is 1150. The Morgan fingerprint density at radius 3 is 2.81 bits per heavy atom. The van der Waals surface area contributed by atoms with Gasteiger partial charge in [-0.1, -0.05) is 0 Å². The van der Waals surface area contributed by atoms with Crippen LogP contribution in [0.15, 0.2) is 29.5 Å². The summed E-state index contributed by atoms with van der Waals surface area (Å²) in [5.41, 5.74) is 1.79. The van der Waals surface area contributed by atoms with E-state index in [-0.39, 0.29) is 17.9 Å². The van der Waals surface area contributed by atoms with Gasteiger partial charge in [-0.25, -0.2) is 9.97 Å². The van der Waals surface area contributed by atoms with Crippen molar-refractivity contribution in [2.75, 3.05) is 36.5 Å². The number of nitrogens with one attached hydrogen (secondary N) is 1. The number of carbonyl (C=O) groups excluding carboxylic acids is 1. The van der Waals surface area contributed by atoms with Gasteiger partial charge in [0.25, 0.3) is 5.56 Å². The molecule has 3 aromatic rings. The molecule has 1 saturated heterocycles. The van der Waals surface area contributed by atoms with Crippen molar-refractivity contribution in [3.05, 3.63) is 45.5 Å². The van der Waals surface area contributed by atoms with Crippen LogP contribution in [0.25, 0.3) is 10.2 Å². The predicted octanol–water partition coefficient (Wildman–Crippen LogP) is 2.60. The second-order valence-electron chi connectivity index (χ2n) is 7.94. The first-order chi connectivity index (χ1) is 15.2. The van der Waals surface area contributed by atoms with E-state index in [4.69, 9.17) is 4.74 Å². The molecule has 5 rings (SSSR count). The smallest absolute Gasteiger partial charge is 0.262 e. The number of hydrogen-bond acceptors (Lipinski definition) is 7. The van der Waals surface area contributed by atoms with E-state index in [1.807, 2.05) is 12.1 Å². The van der Waals surface area contributed by atoms with Crippen molar-refractivity contribution in [1.29, 1.82) is 0 Å². The highest BCUT2D eigenvalue weighted by Gasteiger charge is 2.20. The summed E-state index contributed by atoms with van der Waals surface area (Å²) in [6.07, 6.45) is 7.72. The Balaban J connectivity index is 1.23. The molecule has 4 heterocycles. The monoisotopic (exact) mass is 439 g/mol. The van der Waals surface area contributed by atoms with E-state index < -0.39 is 0 Å². The standard InChI is InChI=1S/C22H25N5O3S/c28-19(25-15-5-6-18(23-13-15)26-9-11-30-12-10-26)7-8-27-14-24-21-20(22(27)29)16-3-1-2-4-17(16)31-21/h5-6,13-14H,1-4,7-12H2,(H,25,28). The summed E-state index contributed by atoms with van der Waals surface area (Å²) in [7, 11) is 0. The summed E-state index contributed by atoms with van der Waals surface area (Å²) in [6, 6.07) is 3.76. The molecular formula is C22H25N5O3S. The number of aryl methyl sites for hydroxylation is 3. The summed E-state index contributed by atoms with van der Waals surface area (Å²) in [5.74, 6) is 0.728. The van der Waals surface area contributed by atoms with Gasteiger partial charge < -0.3 is 15.0 Å². The largest absolute Gasteiger partial charge is 0.378 e. The van der Waals surface area contributed by atoms with Crippen molar-refractivity contribution in [3.8, 4) is 0 Å². The zero-order valence-corrected chi connectivity index (χ0v) is 18.1. The van der Waals surface area contributed by atoms with Crippen LogP contribution in [0, 0.1) is 0 Å². The molecule has 0 saturated carbocycles. The average Bonchev–Trinajstić information content (AvgIpc) is 3.19. The first kappa shape index (κ1) is 20.1. The highest BCUT2D eigenvalue weighted by molar-refractivity contribution is 7.18. The average molecular weight is 440 g/mol. The topological polar surface area (TPSA) is 89.4 Å². The lowest BCUT2D eigenvalue weighted by molar-refractivity contribution is -0.116. The maximum Gasteiger partial charge on any atom is 0.262 e. The van der Waals surface area contributed by atoms with E-state index in [0.29, 0.717) is 25.4 Å². The van der Waals surface area contributed by atoms with E-state index in [2.05, 4.69) is 20.2 Å². The number of aromatic nitrogens is 3. The molecule has 31 heavy (non-hydrogen) atoms. The molecule has 0 atom stereocenters. The minimum atomic E-state index is -0.153. The summed E-state index contributed by atoms with van der Waals surface area (Å²) in [5, 5.41) is 3.62. The molecular weight excluding hydrogens is 414 g/mol. The Morgan fingerprint density at radius 1 is 1.16 bits per heavy atom. The van der Waals surface area contributed by atoms with Gasteiger partial charge in [0.15, 0.2) is 0 Å². The minimum absolute atomic E-state index is 0.0336. The summed E-state index contributed by atoms with van der Waals surface area (Å²) < 4.78 is 6.92. The number of pyridine rings is 1. The number of ether oxygens (including phenoxy) is 1. The van der Waals surface area contributed by atoms with Gasteiger partial charge in [0.2, 0.25) is 5.91 Å². The van der Waals surface area contributed by atoms with Crippen molar-refractivity contribution < 1.29 is 9.53 Å². The molecule has 0 radical (unpaired) electrons. The zero-order valence-electron chi connectivity index (χ0n) is 17.3.